The molecule has 100 valence electrons. The summed E-state index contributed by atoms with van der Waals surface area (Å²) < 4.78 is 0.892. The van der Waals surface area contributed by atoms with E-state index in [-0.39, 0.29) is 6.04 Å². The van der Waals surface area contributed by atoms with Crippen molar-refractivity contribution >= 4 is 38.9 Å². The Balaban J connectivity index is 1.92. The van der Waals surface area contributed by atoms with Crippen molar-refractivity contribution in [3.63, 3.8) is 0 Å². The largest absolute Gasteiger partial charge is 0.318 e. The predicted molar refractivity (Wildman–Crippen MR) is 83.9 cm³/mol. The molecular formula is C14H14BrClN2S. The summed E-state index contributed by atoms with van der Waals surface area (Å²) in [5, 5.41) is 1.69. The van der Waals surface area contributed by atoms with E-state index in [1.54, 1.807) is 11.3 Å². The van der Waals surface area contributed by atoms with Crippen LogP contribution in [0.1, 0.15) is 40.0 Å². The SMILES string of the molecule is NC(c1ccc(Br)c(Cl)c1)c1nc2c(s1)CCCC2. The third-order valence-electron chi connectivity index (χ3n) is 3.43. The molecule has 0 aliphatic heterocycles. The van der Waals surface area contributed by atoms with Crippen LogP contribution >= 0.6 is 38.9 Å². The van der Waals surface area contributed by atoms with Gasteiger partial charge in [-0.1, -0.05) is 17.7 Å². The molecule has 0 saturated heterocycles. The first-order chi connectivity index (χ1) is 9.15. The number of halogens is 2. The van der Waals surface area contributed by atoms with E-state index in [0.717, 1.165) is 27.9 Å². The molecular weight excluding hydrogens is 344 g/mol. The molecule has 5 heteroatoms. The van der Waals surface area contributed by atoms with E-state index in [9.17, 15) is 0 Å². The Morgan fingerprint density at radius 1 is 1.32 bits per heavy atom. The Morgan fingerprint density at radius 3 is 2.84 bits per heavy atom. The van der Waals surface area contributed by atoms with Gasteiger partial charge in [-0.2, -0.15) is 0 Å². The standard InChI is InChI=1S/C14H14BrClN2S/c15-9-6-5-8(7-10(9)16)13(17)14-18-11-3-1-2-4-12(11)19-14/h5-7,13H,1-4,17H2. The molecule has 1 aromatic carbocycles. The molecule has 2 aromatic rings. The maximum Gasteiger partial charge on any atom is 0.114 e. The van der Waals surface area contributed by atoms with E-state index in [0.29, 0.717) is 5.02 Å². The fraction of sp³-hybridized carbons (Fsp3) is 0.357. The van der Waals surface area contributed by atoms with Crippen LogP contribution in [0.4, 0.5) is 0 Å². The van der Waals surface area contributed by atoms with Gasteiger partial charge in [0.1, 0.15) is 5.01 Å². The number of nitrogens with two attached hydrogens (primary N) is 1. The van der Waals surface area contributed by atoms with Gasteiger partial charge in [-0.3, -0.25) is 0 Å². The molecule has 1 unspecified atom stereocenters. The zero-order valence-electron chi connectivity index (χ0n) is 10.3. The first-order valence-corrected chi connectivity index (χ1v) is 8.33. The van der Waals surface area contributed by atoms with Gasteiger partial charge in [0, 0.05) is 9.35 Å². The van der Waals surface area contributed by atoms with E-state index in [4.69, 9.17) is 22.3 Å². The Kier molecular flexibility index (Phi) is 3.94. The molecule has 0 amide bonds. The first kappa shape index (κ1) is 13.6. The van der Waals surface area contributed by atoms with Gasteiger partial charge < -0.3 is 5.73 Å². The van der Waals surface area contributed by atoms with Gasteiger partial charge in [-0.25, -0.2) is 4.98 Å². The Labute approximate surface area is 130 Å². The molecule has 1 atom stereocenters. The van der Waals surface area contributed by atoms with Crippen molar-refractivity contribution in [1.29, 1.82) is 0 Å². The lowest BCUT2D eigenvalue weighted by atomic mass is 10.0. The third-order valence-corrected chi connectivity index (χ3v) is 5.90. The number of aryl methyl sites for hydroxylation is 2. The fourth-order valence-electron chi connectivity index (χ4n) is 2.35. The minimum atomic E-state index is -0.179. The normalized spacial score (nSPS) is 16.2. The van der Waals surface area contributed by atoms with Crippen molar-refractivity contribution < 1.29 is 0 Å². The Hall–Kier alpha value is -0.420. The lowest BCUT2D eigenvalue weighted by Gasteiger charge is -2.09. The van der Waals surface area contributed by atoms with Crippen molar-refractivity contribution in [2.75, 3.05) is 0 Å². The van der Waals surface area contributed by atoms with Gasteiger partial charge >= 0.3 is 0 Å². The quantitative estimate of drug-likeness (QED) is 0.860. The van der Waals surface area contributed by atoms with Crippen molar-refractivity contribution in [2.24, 2.45) is 5.73 Å². The fourth-order valence-corrected chi connectivity index (χ4v) is 3.97. The summed E-state index contributed by atoms with van der Waals surface area (Å²) in [5.41, 5.74) is 8.59. The van der Waals surface area contributed by atoms with Crippen LogP contribution in [-0.4, -0.2) is 4.98 Å². The summed E-state index contributed by atoms with van der Waals surface area (Å²) in [6, 6.07) is 5.67. The van der Waals surface area contributed by atoms with Gasteiger partial charge in [0.25, 0.3) is 0 Å². The number of hydrogen-bond acceptors (Lipinski definition) is 3. The lowest BCUT2D eigenvalue weighted by molar-refractivity contribution is 0.678. The molecule has 0 bridgehead atoms. The Bertz CT molecular complexity index is 588. The molecule has 3 rings (SSSR count). The number of aromatic nitrogens is 1. The van der Waals surface area contributed by atoms with E-state index in [1.165, 1.54) is 23.4 Å². The van der Waals surface area contributed by atoms with E-state index in [2.05, 4.69) is 15.9 Å². The highest BCUT2D eigenvalue weighted by molar-refractivity contribution is 9.10. The average Bonchev–Trinajstić information content (AvgIpc) is 2.85. The zero-order chi connectivity index (χ0) is 13.4. The number of hydrogen-bond donors (Lipinski definition) is 1. The molecule has 19 heavy (non-hydrogen) atoms. The molecule has 1 aromatic heterocycles. The van der Waals surface area contributed by atoms with Crippen LogP contribution in [0.5, 0.6) is 0 Å². The molecule has 0 radical (unpaired) electrons. The van der Waals surface area contributed by atoms with Crippen molar-refractivity contribution in [3.05, 3.63) is 48.8 Å². The van der Waals surface area contributed by atoms with E-state index >= 15 is 0 Å². The summed E-state index contributed by atoms with van der Waals surface area (Å²) in [6.45, 7) is 0. The second-order valence-electron chi connectivity index (χ2n) is 4.78. The highest BCUT2D eigenvalue weighted by Crippen LogP contribution is 2.33. The first-order valence-electron chi connectivity index (χ1n) is 6.34. The number of thiazole rings is 1. The second-order valence-corrected chi connectivity index (χ2v) is 7.16. The number of rotatable bonds is 2. The van der Waals surface area contributed by atoms with E-state index in [1.807, 2.05) is 18.2 Å². The summed E-state index contributed by atoms with van der Waals surface area (Å²) in [6.07, 6.45) is 4.77. The predicted octanol–water partition coefficient (Wildman–Crippen LogP) is 4.49. The molecule has 0 saturated carbocycles. The van der Waals surface area contributed by atoms with Crippen molar-refractivity contribution in [3.8, 4) is 0 Å². The molecule has 0 fully saturated rings. The summed E-state index contributed by atoms with van der Waals surface area (Å²) >= 11 is 11.3. The van der Waals surface area contributed by atoms with Crippen LogP contribution in [-0.2, 0) is 12.8 Å². The molecule has 1 heterocycles. The minimum Gasteiger partial charge on any atom is -0.318 e. The van der Waals surface area contributed by atoms with Crippen molar-refractivity contribution in [1.82, 2.24) is 4.98 Å². The lowest BCUT2D eigenvalue weighted by Crippen LogP contribution is -2.11. The average molecular weight is 358 g/mol. The van der Waals surface area contributed by atoms with Gasteiger partial charge in [0.2, 0.25) is 0 Å². The topological polar surface area (TPSA) is 38.9 Å². The Morgan fingerprint density at radius 2 is 2.11 bits per heavy atom. The van der Waals surface area contributed by atoms with Crippen LogP contribution in [0.3, 0.4) is 0 Å². The van der Waals surface area contributed by atoms with Gasteiger partial charge in [0.05, 0.1) is 16.8 Å². The number of fused-ring (bicyclic) bond motifs is 1. The maximum absolute atomic E-state index is 6.32. The van der Waals surface area contributed by atoms with Gasteiger partial charge in [0.15, 0.2) is 0 Å². The third kappa shape index (κ3) is 2.72. The number of nitrogens with zero attached hydrogens (tertiary/aromatic N) is 1. The summed E-state index contributed by atoms with van der Waals surface area (Å²) in [4.78, 5) is 6.13. The smallest absolute Gasteiger partial charge is 0.114 e. The van der Waals surface area contributed by atoms with Gasteiger partial charge in [-0.15, -0.1) is 11.3 Å². The van der Waals surface area contributed by atoms with Crippen LogP contribution in [0.25, 0.3) is 0 Å². The second kappa shape index (κ2) is 5.52. The number of benzene rings is 1. The molecule has 1 aliphatic carbocycles. The zero-order valence-corrected chi connectivity index (χ0v) is 13.5. The highest BCUT2D eigenvalue weighted by atomic mass is 79.9. The van der Waals surface area contributed by atoms with Crippen molar-refractivity contribution in [2.45, 2.75) is 31.7 Å². The monoisotopic (exact) mass is 356 g/mol. The molecule has 2 nitrogen and oxygen atoms in total. The molecule has 2 N–H and O–H groups in total. The van der Waals surface area contributed by atoms with Crippen LogP contribution in [0.15, 0.2) is 22.7 Å². The van der Waals surface area contributed by atoms with Crippen LogP contribution in [0, 0.1) is 0 Å². The maximum atomic E-state index is 6.32. The van der Waals surface area contributed by atoms with Crippen LogP contribution < -0.4 is 5.73 Å². The van der Waals surface area contributed by atoms with Gasteiger partial charge in [-0.05, 0) is 59.3 Å². The van der Waals surface area contributed by atoms with E-state index < -0.39 is 0 Å². The highest BCUT2D eigenvalue weighted by Gasteiger charge is 2.20. The minimum absolute atomic E-state index is 0.179. The molecule has 0 spiro atoms. The van der Waals surface area contributed by atoms with Crippen LogP contribution in [0.2, 0.25) is 5.02 Å². The summed E-state index contributed by atoms with van der Waals surface area (Å²) in [7, 11) is 0. The summed E-state index contributed by atoms with van der Waals surface area (Å²) in [5.74, 6) is 0. The molecule has 1 aliphatic rings.